The van der Waals surface area contributed by atoms with Gasteiger partial charge in [0.1, 0.15) is 6.04 Å². The second-order valence-corrected chi connectivity index (χ2v) is 4.61. The Balaban J connectivity index is 4.33. The molecule has 0 saturated heterocycles. The number of hydrogen-bond donors (Lipinski definition) is 1. The molecule has 0 rings (SSSR count). The van der Waals surface area contributed by atoms with E-state index in [1.54, 1.807) is 0 Å². The first-order chi connectivity index (χ1) is 8.04. The van der Waals surface area contributed by atoms with Crippen LogP contribution in [0, 0.1) is 5.92 Å². The number of hydrogen-bond acceptors (Lipinski definition) is 4. The third kappa shape index (κ3) is 7.34. The van der Waals surface area contributed by atoms with Crippen molar-refractivity contribution in [2.75, 3.05) is 32.8 Å². The van der Waals surface area contributed by atoms with Gasteiger partial charge in [-0.1, -0.05) is 27.7 Å². The number of rotatable bonds is 9. The highest BCUT2D eigenvalue weighted by atomic mass is 16.5. The first-order valence-electron chi connectivity index (χ1n) is 6.67. The van der Waals surface area contributed by atoms with Gasteiger partial charge in [-0.3, -0.25) is 4.79 Å². The zero-order chi connectivity index (χ0) is 13.3. The normalized spacial score (nSPS) is 13.1. The van der Waals surface area contributed by atoms with Crippen LogP contribution < -0.4 is 5.32 Å². The first-order valence-corrected chi connectivity index (χ1v) is 6.67. The Morgan fingerprint density at radius 3 is 2.29 bits per heavy atom. The Morgan fingerprint density at radius 1 is 1.24 bits per heavy atom. The van der Waals surface area contributed by atoms with E-state index in [4.69, 9.17) is 4.74 Å². The lowest BCUT2D eigenvalue weighted by molar-refractivity contribution is -0.146. The van der Waals surface area contributed by atoms with Crippen molar-refractivity contribution in [1.29, 1.82) is 0 Å². The first kappa shape index (κ1) is 16.4. The Kier molecular flexibility index (Phi) is 9.09. The van der Waals surface area contributed by atoms with Gasteiger partial charge in [-0.15, -0.1) is 0 Å². The maximum Gasteiger partial charge on any atom is 0.324 e. The summed E-state index contributed by atoms with van der Waals surface area (Å²) in [5.74, 6) is 0.468. The van der Waals surface area contributed by atoms with E-state index < -0.39 is 0 Å². The summed E-state index contributed by atoms with van der Waals surface area (Å²) in [5.41, 5.74) is 0. The van der Waals surface area contributed by atoms with Gasteiger partial charge >= 0.3 is 5.97 Å². The predicted molar refractivity (Wildman–Crippen MR) is 71.0 cm³/mol. The van der Waals surface area contributed by atoms with Crippen molar-refractivity contribution in [2.24, 2.45) is 5.92 Å². The van der Waals surface area contributed by atoms with E-state index in [0.717, 1.165) is 26.2 Å². The van der Waals surface area contributed by atoms with Gasteiger partial charge in [0.25, 0.3) is 0 Å². The molecular formula is C13H28N2O2. The van der Waals surface area contributed by atoms with Crippen molar-refractivity contribution in [3.8, 4) is 0 Å². The quantitative estimate of drug-likeness (QED) is 0.624. The van der Waals surface area contributed by atoms with E-state index in [2.05, 4.69) is 31.0 Å². The minimum Gasteiger partial charge on any atom is -0.465 e. The van der Waals surface area contributed by atoms with E-state index in [1.807, 2.05) is 13.8 Å². The van der Waals surface area contributed by atoms with E-state index in [0.29, 0.717) is 12.5 Å². The highest BCUT2D eigenvalue weighted by Crippen LogP contribution is 2.01. The summed E-state index contributed by atoms with van der Waals surface area (Å²) in [7, 11) is 0. The van der Waals surface area contributed by atoms with E-state index >= 15 is 0 Å². The summed E-state index contributed by atoms with van der Waals surface area (Å²) in [5, 5.41) is 3.19. The molecule has 0 amide bonds. The maximum absolute atomic E-state index is 11.8. The molecule has 1 N–H and O–H groups in total. The van der Waals surface area contributed by atoms with E-state index in [9.17, 15) is 4.79 Å². The summed E-state index contributed by atoms with van der Waals surface area (Å²) in [6.45, 7) is 14.3. The Labute approximate surface area is 106 Å². The molecule has 102 valence electrons. The molecule has 0 aromatic rings. The lowest BCUT2D eigenvalue weighted by Gasteiger charge is -2.27. The van der Waals surface area contributed by atoms with Crippen molar-refractivity contribution < 1.29 is 9.53 Å². The van der Waals surface area contributed by atoms with Crippen LogP contribution in [0.3, 0.4) is 0 Å². The fourth-order valence-electron chi connectivity index (χ4n) is 1.82. The van der Waals surface area contributed by atoms with Gasteiger partial charge in [-0.25, -0.2) is 0 Å². The van der Waals surface area contributed by atoms with Gasteiger partial charge in [-0.2, -0.15) is 0 Å². The largest absolute Gasteiger partial charge is 0.465 e. The second kappa shape index (κ2) is 9.42. The van der Waals surface area contributed by atoms with Crippen molar-refractivity contribution in [3.05, 3.63) is 0 Å². The standard InChI is InChI=1S/C13H28N2O2/c1-6-14-12(13(16)17-8-3)10-15(7-2)9-11(4)5/h11-12,14H,6-10H2,1-5H3. The van der Waals surface area contributed by atoms with Crippen molar-refractivity contribution in [3.63, 3.8) is 0 Å². The smallest absolute Gasteiger partial charge is 0.324 e. The minimum atomic E-state index is -0.210. The van der Waals surface area contributed by atoms with Gasteiger partial charge in [0.05, 0.1) is 6.61 Å². The van der Waals surface area contributed by atoms with Gasteiger partial charge in [-0.05, 0) is 25.9 Å². The van der Waals surface area contributed by atoms with Crippen LogP contribution >= 0.6 is 0 Å². The number of ether oxygens (including phenoxy) is 1. The molecule has 17 heavy (non-hydrogen) atoms. The number of nitrogens with one attached hydrogen (secondary N) is 1. The number of nitrogens with zero attached hydrogens (tertiary/aromatic N) is 1. The SMILES string of the molecule is CCNC(CN(CC)CC(C)C)C(=O)OCC. The number of carbonyl (C=O) groups is 1. The van der Waals surface area contributed by atoms with Crippen LogP contribution in [0.2, 0.25) is 0 Å². The van der Waals surface area contributed by atoms with Crippen LogP contribution in [0.4, 0.5) is 0 Å². The molecule has 4 heteroatoms. The van der Waals surface area contributed by atoms with E-state index in [1.165, 1.54) is 0 Å². The average Bonchev–Trinajstić information content (AvgIpc) is 2.27. The highest BCUT2D eigenvalue weighted by Gasteiger charge is 2.21. The van der Waals surface area contributed by atoms with Crippen LogP contribution in [0.25, 0.3) is 0 Å². The molecule has 1 atom stereocenters. The third-order valence-electron chi connectivity index (χ3n) is 2.53. The molecule has 0 aromatic carbocycles. The van der Waals surface area contributed by atoms with Crippen molar-refractivity contribution in [2.45, 2.75) is 40.7 Å². The van der Waals surface area contributed by atoms with Crippen LogP contribution in [-0.2, 0) is 9.53 Å². The molecule has 4 nitrogen and oxygen atoms in total. The summed E-state index contributed by atoms with van der Waals surface area (Å²) in [4.78, 5) is 14.0. The topological polar surface area (TPSA) is 41.6 Å². The number of carbonyl (C=O) groups excluding carboxylic acids is 1. The monoisotopic (exact) mass is 244 g/mol. The van der Waals surface area contributed by atoms with Gasteiger partial charge < -0.3 is 15.0 Å². The molecule has 0 saturated carbocycles. The summed E-state index contributed by atoms with van der Waals surface area (Å²) in [6, 6.07) is -0.210. The Bertz CT molecular complexity index is 208. The molecule has 0 aromatic heterocycles. The fraction of sp³-hybridized carbons (Fsp3) is 0.923. The molecule has 0 fully saturated rings. The number of esters is 1. The maximum atomic E-state index is 11.8. The molecule has 0 bridgehead atoms. The molecular weight excluding hydrogens is 216 g/mol. The Morgan fingerprint density at radius 2 is 1.88 bits per heavy atom. The summed E-state index contributed by atoms with van der Waals surface area (Å²) < 4.78 is 5.08. The van der Waals surface area contributed by atoms with Gasteiger partial charge in [0.15, 0.2) is 0 Å². The van der Waals surface area contributed by atoms with Crippen LogP contribution in [-0.4, -0.2) is 49.7 Å². The molecule has 0 heterocycles. The molecule has 0 aliphatic rings. The van der Waals surface area contributed by atoms with Crippen molar-refractivity contribution >= 4 is 5.97 Å². The predicted octanol–water partition coefficient (Wildman–Crippen LogP) is 1.51. The summed E-state index contributed by atoms with van der Waals surface area (Å²) >= 11 is 0. The molecule has 0 spiro atoms. The zero-order valence-corrected chi connectivity index (χ0v) is 12.0. The Hall–Kier alpha value is -0.610. The molecule has 0 radical (unpaired) electrons. The summed E-state index contributed by atoms with van der Waals surface area (Å²) in [6.07, 6.45) is 0. The average molecular weight is 244 g/mol. The molecule has 0 aliphatic carbocycles. The highest BCUT2D eigenvalue weighted by molar-refractivity contribution is 5.76. The van der Waals surface area contributed by atoms with Crippen LogP contribution in [0.5, 0.6) is 0 Å². The molecule has 0 aliphatic heterocycles. The van der Waals surface area contributed by atoms with Crippen LogP contribution in [0.15, 0.2) is 0 Å². The van der Waals surface area contributed by atoms with E-state index in [-0.39, 0.29) is 12.0 Å². The third-order valence-corrected chi connectivity index (χ3v) is 2.53. The van der Waals surface area contributed by atoms with Gasteiger partial charge in [0, 0.05) is 13.1 Å². The number of likely N-dealkylation sites (N-methyl/N-ethyl adjacent to an activating group) is 2. The lowest BCUT2D eigenvalue weighted by atomic mass is 10.2. The minimum absolute atomic E-state index is 0.142. The lowest BCUT2D eigenvalue weighted by Crippen LogP contribution is -2.47. The second-order valence-electron chi connectivity index (χ2n) is 4.61. The zero-order valence-electron chi connectivity index (χ0n) is 12.0. The fourth-order valence-corrected chi connectivity index (χ4v) is 1.82. The van der Waals surface area contributed by atoms with Gasteiger partial charge in [0.2, 0.25) is 0 Å². The molecule has 1 unspecified atom stereocenters. The van der Waals surface area contributed by atoms with Crippen molar-refractivity contribution in [1.82, 2.24) is 10.2 Å². The van der Waals surface area contributed by atoms with Crippen LogP contribution in [0.1, 0.15) is 34.6 Å².